The fraction of sp³-hybridized carbons (Fsp3) is 0.500. The maximum atomic E-state index is 13.2. The van der Waals surface area contributed by atoms with Crippen LogP contribution in [0.1, 0.15) is 12.8 Å². The van der Waals surface area contributed by atoms with Crippen molar-refractivity contribution >= 4 is 23.4 Å². The first kappa shape index (κ1) is 14.2. The van der Waals surface area contributed by atoms with Gasteiger partial charge in [-0.15, -0.1) is 0 Å². The third-order valence-corrected chi connectivity index (χ3v) is 3.79. The van der Waals surface area contributed by atoms with Crippen LogP contribution in [0.2, 0.25) is 0 Å². The number of carbonyl (C=O) groups is 1. The van der Waals surface area contributed by atoms with E-state index in [1.54, 1.807) is 12.1 Å². The fourth-order valence-electron chi connectivity index (χ4n) is 2.40. The Kier molecular flexibility index (Phi) is 5.07. The van der Waals surface area contributed by atoms with Crippen LogP contribution in [0.25, 0.3) is 0 Å². The molecule has 3 nitrogen and oxygen atoms in total. The lowest BCUT2D eigenvalue weighted by atomic mass is 10.0. The molecule has 1 aromatic carbocycles. The average molecular weight is 282 g/mol. The number of nitrogens with one attached hydrogen (secondary N) is 1. The number of anilines is 1. The number of piperidine rings is 1. The lowest BCUT2D eigenvalue weighted by molar-refractivity contribution is -0.119. The second-order valence-corrected chi connectivity index (χ2v) is 5.63. The van der Waals surface area contributed by atoms with Crippen LogP contribution in [0.5, 0.6) is 0 Å². The first-order valence-corrected chi connectivity index (χ1v) is 7.87. The van der Waals surface area contributed by atoms with Gasteiger partial charge in [-0.1, -0.05) is 6.07 Å². The molecule has 0 unspecified atom stereocenters. The SMILES string of the molecule is CSCC(=O)N[C@@H]1CCCN(c2cccc(F)c2)C1. The van der Waals surface area contributed by atoms with Crippen molar-refractivity contribution in [2.24, 2.45) is 0 Å². The minimum atomic E-state index is -0.217. The Morgan fingerprint density at radius 3 is 3.16 bits per heavy atom. The van der Waals surface area contributed by atoms with E-state index in [4.69, 9.17) is 0 Å². The third-order valence-electron chi connectivity index (χ3n) is 3.24. The number of hydrogen-bond donors (Lipinski definition) is 1. The van der Waals surface area contributed by atoms with Crippen LogP contribution in [-0.2, 0) is 4.79 Å². The summed E-state index contributed by atoms with van der Waals surface area (Å²) in [6, 6.07) is 6.80. The summed E-state index contributed by atoms with van der Waals surface area (Å²) >= 11 is 1.52. The van der Waals surface area contributed by atoms with Gasteiger partial charge in [-0.05, 0) is 37.3 Å². The molecule has 0 aromatic heterocycles. The minimum Gasteiger partial charge on any atom is -0.369 e. The van der Waals surface area contributed by atoms with Crippen LogP contribution in [0.15, 0.2) is 24.3 Å². The van der Waals surface area contributed by atoms with Gasteiger partial charge in [0, 0.05) is 24.8 Å². The summed E-state index contributed by atoms with van der Waals surface area (Å²) in [6.07, 6.45) is 3.92. The molecule has 0 spiro atoms. The standard InChI is InChI=1S/C14H19FN2OS/c1-19-10-14(18)16-12-5-3-7-17(9-12)13-6-2-4-11(15)8-13/h2,4,6,8,12H,3,5,7,9-10H2,1H3,(H,16,18)/t12-/m1/s1. The van der Waals surface area contributed by atoms with Gasteiger partial charge in [-0.2, -0.15) is 11.8 Å². The number of nitrogens with zero attached hydrogens (tertiary/aromatic N) is 1. The average Bonchev–Trinajstić information content (AvgIpc) is 2.39. The maximum absolute atomic E-state index is 13.2. The molecule has 0 bridgehead atoms. The Morgan fingerprint density at radius 2 is 2.42 bits per heavy atom. The summed E-state index contributed by atoms with van der Waals surface area (Å²) in [7, 11) is 0. The summed E-state index contributed by atoms with van der Waals surface area (Å²) in [5.41, 5.74) is 0.892. The minimum absolute atomic E-state index is 0.0820. The topological polar surface area (TPSA) is 32.3 Å². The van der Waals surface area contributed by atoms with Crippen LogP contribution in [0.4, 0.5) is 10.1 Å². The molecule has 19 heavy (non-hydrogen) atoms. The normalized spacial score (nSPS) is 19.3. The van der Waals surface area contributed by atoms with E-state index >= 15 is 0 Å². The molecular weight excluding hydrogens is 263 g/mol. The molecule has 0 saturated carbocycles. The van der Waals surface area contributed by atoms with Gasteiger partial charge in [0.2, 0.25) is 5.91 Å². The number of amides is 1. The lowest BCUT2D eigenvalue weighted by Gasteiger charge is -2.34. The van der Waals surface area contributed by atoms with Crippen LogP contribution in [0.3, 0.4) is 0 Å². The number of carbonyl (C=O) groups excluding carboxylic acids is 1. The monoisotopic (exact) mass is 282 g/mol. The Hall–Kier alpha value is -1.23. The van der Waals surface area contributed by atoms with Crippen molar-refractivity contribution in [3.05, 3.63) is 30.1 Å². The van der Waals surface area contributed by atoms with Gasteiger partial charge in [0.25, 0.3) is 0 Å². The molecule has 1 heterocycles. The van der Waals surface area contributed by atoms with Crippen molar-refractivity contribution in [3.63, 3.8) is 0 Å². The Balaban J connectivity index is 1.95. The Morgan fingerprint density at radius 1 is 1.58 bits per heavy atom. The zero-order valence-corrected chi connectivity index (χ0v) is 11.9. The molecule has 1 saturated heterocycles. The van der Waals surface area contributed by atoms with E-state index in [1.807, 2.05) is 12.3 Å². The van der Waals surface area contributed by atoms with Crippen LogP contribution < -0.4 is 10.2 Å². The van der Waals surface area contributed by atoms with Crippen molar-refractivity contribution in [1.29, 1.82) is 0 Å². The molecule has 1 N–H and O–H groups in total. The van der Waals surface area contributed by atoms with Crippen molar-refractivity contribution in [1.82, 2.24) is 5.32 Å². The highest BCUT2D eigenvalue weighted by Crippen LogP contribution is 2.20. The van der Waals surface area contributed by atoms with E-state index in [9.17, 15) is 9.18 Å². The van der Waals surface area contributed by atoms with Gasteiger partial charge in [-0.25, -0.2) is 4.39 Å². The smallest absolute Gasteiger partial charge is 0.230 e. The van der Waals surface area contributed by atoms with Crippen LogP contribution in [0, 0.1) is 5.82 Å². The summed E-state index contributed by atoms with van der Waals surface area (Å²) in [6.45, 7) is 1.67. The number of hydrogen-bond acceptors (Lipinski definition) is 3. The van der Waals surface area contributed by atoms with E-state index in [2.05, 4.69) is 10.2 Å². The Bertz CT molecular complexity index is 441. The van der Waals surface area contributed by atoms with E-state index in [1.165, 1.54) is 17.8 Å². The zero-order chi connectivity index (χ0) is 13.7. The molecule has 1 aliphatic rings. The fourth-order valence-corrected chi connectivity index (χ4v) is 2.75. The molecule has 1 amide bonds. The second-order valence-electron chi connectivity index (χ2n) is 4.77. The van der Waals surface area contributed by atoms with Crippen molar-refractivity contribution in [2.45, 2.75) is 18.9 Å². The van der Waals surface area contributed by atoms with E-state index in [0.29, 0.717) is 5.75 Å². The summed E-state index contributed by atoms with van der Waals surface area (Å²) in [5.74, 6) is 0.362. The first-order chi connectivity index (χ1) is 9.19. The number of halogens is 1. The largest absolute Gasteiger partial charge is 0.369 e. The summed E-state index contributed by atoms with van der Waals surface area (Å²) in [5, 5.41) is 3.04. The van der Waals surface area contributed by atoms with E-state index < -0.39 is 0 Å². The van der Waals surface area contributed by atoms with E-state index in [0.717, 1.165) is 31.6 Å². The van der Waals surface area contributed by atoms with Gasteiger partial charge < -0.3 is 10.2 Å². The van der Waals surface area contributed by atoms with Crippen molar-refractivity contribution in [3.8, 4) is 0 Å². The second kappa shape index (κ2) is 6.80. The zero-order valence-electron chi connectivity index (χ0n) is 11.1. The Labute approximate surface area is 117 Å². The first-order valence-electron chi connectivity index (χ1n) is 6.48. The molecule has 1 fully saturated rings. The lowest BCUT2D eigenvalue weighted by Crippen LogP contribution is -2.48. The predicted molar refractivity (Wildman–Crippen MR) is 78.2 cm³/mol. The number of thioether (sulfide) groups is 1. The maximum Gasteiger partial charge on any atom is 0.230 e. The van der Waals surface area contributed by atoms with Crippen LogP contribution in [-0.4, -0.2) is 37.0 Å². The molecule has 1 aliphatic heterocycles. The molecule has 104 valence electrons. The molecule has 0 radical (unpaired) electrons. The number of benzene rings is 1. The summed E-state index contributed by atoms with van der Waals surface area (Å²) < 4.78 is 13.2. The molecule has 5 heteroatoms. The van der Waals surface area contributed by atoms with Gasteiger partial charge in [-0.3, -0.25) is 4.79 Å². The van der Waals surface area contributed by atoms with Gasteiger partial charge in [0.05, 0.1) is 5.75 Å². The number of rotatable bonds is 4. The molecule has 1 aromatic rings. The summed E-state index contributed by atoms with van der Waals surface area (Å²) in [4.78, 5) is 13.7. The van der Waals surface area contributed by atoms with Crippen LogP contribution >= 0.6 is 11.8 Å². The highest BCUT2D eigenvalue weighted by Gasteiger charge is 2.21. The van der Waals surface area contributed by atoms with Crippen molar-refractivity contribution < 1.29 is 9.18 Å². The van der Waals surface area contributed by atoms with Gasteiger partial charge in [0.1, 0.15) is 5.82 Å². The molecule has 1 atom stereocenters. The highest BCUT2D eigenvalue weighted by atomic mass is 32.2. The molecular formula is C14H19FN2OS. The predicted octanol–water partition coefficient (Wildman–Crippen LogP) is 2.27. The highest BCUT2D eigenvalue weighted by molar-refractivity contribution is 7.99. The molecule has 2 rings (SSSR count). The molecule has 0 aliphatic carbocycles. The van der Waals surface area contributed by atoms with Gasteiger partial charge >= 0.3 is 0 Å². The van der Waals surface area contributed by atoms with Gasteiger partial charge in [0.15, 0.2) is 0 Å². The third kappa shape index (κ3) is 4.13. The quantitative estimate of drug-likeness (QED) is 0.919. The van der Waals surface area contributed by atoms with E-state index in [-0.39, 0.29) is 17.8 Å². The van der Waals surface area contributed by atoms with Crippen molar-refractivity contribution in [2.75, 3.05) is 30.0 Å².